The Balaban J connectivity index is 1.79. The van der Waals surface area contributed by atoms with Crippen molar-refractivity contribution in [2.75, 3.05) is 25.0 Å². The first kappa shape index (κ1) is 15.3. The summed E-state index contributed by atoms with van der Waals surface area (Å²) in [7, 11) is 0. The molecule has 7 heteroatoms. The van der Waals surface area contributed by atoms with Crippen molar-refractivity contribution in [2.24, 2.45) is 0 Å². The molecule has 0 spiro atoms. The second-order valence-electron chi connectivity index (χ2n) is 5.08. The maximum absolute atomic E-state index is 12.0. The van der Waals surface area contributed by atoms with E-state index in [1.54, 1.807) is 0 Å². The Kier molecular flexibility index (Phi) is 5.87. The lowest BCUT2D eigenvalue weighted by atomic mass is 10.3. The number of carbonyl (C=O) groups excluding carboxylic acids is 1. The molecule has 2 rings (SSSR count). The molecule has 0 aromatic carbocycles. The van der Waals surface area contributed by atoms with Gasteiger partial charge in [-0.3, -0.25) is 15.0 Å². The van der Waals surface area contributed by atoms with Crippen LogP contribution in [0.3, 0.4) is 0 Å². The third-order valence-corrected chi connectivity index (χ3v) is 4.15. The summed E-state index contributed by atoms with van der Waals surface area (Å²) in [4.78, 5) is 14.0. The van der Waals surface area contributed by atoms with Crippen molar-refractivity contribution in [2.45, 2.75) is 45.1 Å². The number of unbranched alkanes of at least 4 members (excludes halogenated alkanes) is 1. The van der Waals surface area contributed by atoms with Gasteiger partial charge in [0.15, 0.2) is 0 Å². The van der Waals surface area contributed by atoms with Crippen LogP contribution in [-0.4, -0.2) is 51.8 Å². The number of hydrogen-bond donors (Lipinski definition) is 2. The van der Waals surface area contributed by atoms with Crippen molar-refractivity contribution in [3.8, 4) is 0 Å². The van der Waals surface area contributed by atoms with Gasteiger partial charge in [-0.25, -0.2) is 0 Å². The van der Waals surface area contributed by atoms with Crippen molar-refractivity contribution >= 4 is 22.4 Å². The number of carbonyl (C=O) groups is 1. The summed E-state index contributed by atoms with van der Waals surface area (Å²) in [5.41, 5.74) is 0. The predicted molar refractivity (Wildman–Crippen MR) is 78.8 cm³/mol. The number of anilines is 1. The van der Waals surface area contributed by atoms with Gasteiger partial charge in [0.2, 0.25) is 11.0 Å². The molecular formula is C13H22N4O2S. The number of hydrogen-bond acceptors (Lipinski definition) is 6. The second kappa shape index (κ2) is 7.66. The third-order valence-electron chi connectivity index (χ3n) is 3.25. The molecule has 1 aliphatic carbocycles. The molecule has 0 saturated heterocycles. The summed E-state index contributed by atoms with van der Waals surface area (Å²) in [5.74, 6) is -0.0801. The molecule has 1 heterocycles. The number of aryl methyl sites for hydroxylation is 1. The molecular weight excluding hydrogens is 276 g/mol. The van der Waals surface area contributed by atoms with Crippen molar-refractivity contribution in [3.63, 3.8) is 0 Å². The first-order valence-electron chi connectivity index (χ1n) is 7.20. The fourth-order valence-electron chi connectivity index (χ4n) is 2.04. The normalized spacial score (nSPS) is 14.8. The molecule has 1 aromatic rings. The van der Waals surface area contributed by atoms with Gasteiger partial charge < -0.3 is 5.11 Å². The number of nitrogens with zero attached hydrogens (tertiary/aromatic N) is 3. The van der Waals surface area contributed by atoms with Gasteiger partial charge in [0.05, 0.1) is 13.2 Å². The van der Waals surface area contributed by atoms with Crippen LogP contribution in [0.2, 0.25) is 0 Å². The second-order valence-corrected chi connectivity index (χ2v) is 6.14. The van der Waals surface area contributed by atoms with E-state index in [1.807, 2.05) is 4.90 Å². The molecule has 0 bridgehead atoms. The molecule has 0 unspecified atom stereocenters. The topological polar surface area (TPSA) is 78.4 Å². The van der Waals surface area contributed by atoms with Gasteiger partial charge in [0, 0.05) is 19.0 Å². The first-order chi connectivity index (χ1) is 9.72. The lowest BCUT2D eigenvalue weighted by Crippen LogP contribution is -2.36. The van der Waals surface area contributed by atoms with E-state index in [-0.39, 0.29) is 12.5 Å². The van der Waals surface area contributed by atoms with Crippen molar-refractivity contribution in [1.82, 2.24) is 15.1 Å². The Hall–Kier alpha value is -1.05. The number of amides is 1. The summed E-state index contributed by atoms with van der Waals surface area (Å²) in [6, 6.07) is 0.461. The van der Waals surface area contributed by atoms with Gasteiger partial charge in [-0.15, -0.1) is 10.2 Å². The Morgan fingerprint density at radius 3 is 2.95 bits per heavy atom. The fourth-order valence-corrected chi connectivity index (χ4v) is 2.83. The van der Waals surface area contributed by atoms with Crippen LogP contribution in [0.4, 0.5) is 5.13 Å². The average Bonchev–Trinajstić information content (AvgIpc) is 3.18. The zero-order chi connectivity index (χ0) is 14.4. The van der Waals surface area contributed by atoms with E-state index in [9.17, 15) is 4.79 Å². The standard InChI is InChI=1S/C13H22N4O2S/c1-2-3-4-12-15-16-13(20-12)14-11(19)9-17(7-8-18)10-5-6-10/h10,18H,2-9H2,1H3,(H,14,16,19). The Morgan fingerprint density at radius 2 is 2.30 bits per heavy atom. The lowest BCUT2D eigenvalue weighted by Gasteiger charge is -2.19. The Bertz CT molecular complexity index is 434. The van der Waals surface area contributed by atoms with Crippen LogP contribution in [0.25, 0.3) is 0 Å². The smallest absolute Gasteiger partial charge is 0.240 e. The molecule has 0 atom stereocenters. The van der Waals surface area contributed by atoms with Crippen LogP contribution >= 0.6 is 11.3 Å². The SMILES string of the molecule is CCCCc1nnc(NC(=O)CN(CCO)C2CC2)s1. The van der Waals surface area contributed by atoms with Crippen LogP contribution < -0.4 is 5.32 Å². The van der Waals surface area contributed by atoms with Crippen LogP contribution in [-0.2, 0) is 11.2 Å². The molecule has 20 heavy (non-hydrogen) atoms. The minimum Gasteiger partial charge on any atom is -0.395 e. The van der Waals surface area contributed by atoms with E-state index < -0.39 is 0 Å². The largest absolute Gasteiger partial charge is 0.395 e. The molecule has 1 aromatic heterocycles. The number of aliphatic hydroxyl groups excluding tert-OH is 1. The molecule has 112 valence electrons. The van der Waals surface area contributed by atoms with Crippen molar-refractivity contribution in [3.05, 3.63) is 5.01 Å². The fraction of sp³-hybridized carbons (Fsp3) is 0.769. The van der Waals surface area contributed by atoms with Gasteiger partial charge in [-0.2, -0.15) is 0 Å². The lowest BCUT2D eigenvalue weighted by molar-refractivity contribution is -0.117. The van der Waals surface area contributed by atoms with E-state index >= 15 is 0 Å². The van der Waals surface area contributed by atoms with Crippen LogP contribution in [0.1, 0.15) is 37.6 Å². The molecule has 0 radical (unpaired) electrons. The van der Waals surface area contributed by atoms with Gasteiger partial charge in [0.25, 0.3) is 0 Å². The molecule has 1 amide bonds. The molecule has 0 aliphatic heterocycles. The molecule has 1 saturated carbocycles. The maximum Gasteiger partial charge on any atom is 0.240 e. The van der Waals surface area contributed by atoms with Crippen molar-refractivity contribution in [1.29, 1.82) is 0 Å². The highest BCUT2D eigenvalue weighted by molar-refractivity contribution is 7.15. The molecule has 1 fully saturated rings. The van der Waals surface area contributed by atoms with E-state index in [2.05, 4.69) is 22.4 Å². The van der Waals surface area contributed by atoms with Crippen LogP contribution in [0, 0.1) is 0 Å². The molecule has 6 nitrogen and oxygen atoms in total. The average molecular weight is 298 g/mol. The van der Waals surface area contributed by atoms with Crippen molar-refractivity contribution < 1.29 is 9.90 Å². The van der Waals surface area contributed by atoms with Gasteiger partial charge in [0.1, 0.15) is 5.01 Å². The Labute approximate surface area is 123 Å². The summed E-state index contributed by atoms with van der Waals surface area (Å²) in [6.07, 6.45) is 5.37. The highest BCUT2D eigenvalue weighted by Crippen LogP contribution is 2.26. The number of aromatic nitrogens is 2. The first-order valence-corrected chi connectivity index (χ1v) is 8.01. The molecule has 1 aliphatic rings. The van der Waals surface area contributed by atoms with Gasteiger partial charge >= 0.3 is 0 Å². The van der Waals surface area contributed by atoms with E-state index in [1.165, 1.54) is 11.3 Å². The van der Waals surface area contributed by atoms with E-state index in [0.29, 0.717) is 24.3 Å². The van der Waals surface area contributed by atoms with E-state index in [0.717, 1.165) is 37.1 Å². The minimum absolute atomic E-state index is 0.0801. The monoisotopic (exact) mass is 298 g/mol. The maximum atomic E-state index is 12.0. The zero-order valence-electron chi connectivity index (χ0n) is 11.8. The van der Waals surface area contributed by atoms with Gasteiger partial charge in [-0.05, 0) is 19.3 Å². The van der Waals surface area contributed by atoms with Gasteiger partial charge in [-0.1, -0.05) is 24.7 Å². The zero-order valence-corrected chi connectivity index (χ0v) is 12.7. The number of aliphatic hydroxyl groups is 1. The third kappa shape index (κ3) is 4.81. The number of nitrogens with one attached hydrogen (secondary N) is 1. The van der Waals surface area contributed by atoms with Crippen LogP contribution in [0.15, 0.2) is 0 Å². The quantitative estimate of drug-likeness (QED) is 0.718. The van der Waals surface area contributed by atoms with E-state index in [4.69, 9.17) is 5.11 Å². The van der Waals surface area contributed by atoms with Crippen LogP contribution in [0.5, 0.6) is 0 Å². The summed E-state index contributed by atoms with van der Waals surface area (Å²) >= 11 is 1.44. The summed E-state index contributed by atoms with van der Waals surface area (Å²) in [5, 5.41) is 21.4. The summed E-state index contributed by atoms with van der Waals surface area (Å²) in [6.45, 7) is 3.09. The predicted octanol–water partition coefficient (Wildman–Crippen LogP) is 1.28. The highest BCUT2D eigenvalue weighted by atomic mass is 32.1. The number of rotatable bonds is 9. The Morgan fingerprint density at radius 1 is 1.50 bits per heavy atom. The summed E-state index contributed by atoms with van der Waals surface area (Å²) < 4.78 is 0. The highest BCUT2D eigenvalue weighted by Gasteiger charge is 2.29. The minimum atomic E-state index is -0.0801. The molecule has 2 N–H and O–H groups in total.